The van der Waals surface area contributed by atoms with Crippen LogP contribution < -0.4 is 16.6 Å². The van der Waals surface area contributed by atoms with E-state index in [4.69, 9.17) is 18.0 Å². The van der Waals surface area contributed by atoms with Crippen LogP contribution in [0.5, 0.6) is 0 Å². The molecule has 0 aliphatic carbocycles. The summed E-state index contributed by atoms with van der Waals surface area (Å²) in [6, 6.07) is 0. The number of rotatable bonds is 4. The zero-order valence-electron chi connectivity index (χ0n) is 9.11. The molecule has 16 heavy (non-hydrogen) atoms. The van der Waals surface area contributed by atoms with Crippen molar-refractivity contribution >= 4 is 30.1 Å². The number of nitrogens with one attached hydrogen (secondary N) is 2. The molecule has 1 amide bonds. The van der Waals surface area contributed by atoms with E-state index in [1.165, 1.54) is 0 Å². The van der Waals surface area contributed by atoms with Gasteiger partial charge in [-0.3, -0.25) is 14.6 Å². The number of H-pyrrole nitrogens is 1. The van der Waals surface area contributed by atoms with E-state index >= 15 is 0 Å². The lowest BCUT2D eigenvalue weighted by atomic mass is 10.2. The Bertz CT molecular complexity index is 503. The number of nitrogen functional groups attached to an aromatic ring is 1. The van der Waals surface area contributed by atoms with Crippen LogP contribution in [0.4, 0.5) is 11.5 Å². The molecule has 6 nitrogen and oxygen atoms in total. The summed E-state index contributed by atoms with van der Waals surface area (Å²) in [5.74, 6) is 0.499. The molecule has 0 bridgehead atoms. The van der Waals surface area contributed by atoms with E-state index in [1.54, 1.807) is 4.57 Å². The van der Waals surface area contributed by atoms with Gasteiger partial charge in [-0.05, 0) is 18.1 Å². The maximum Gasteiger partial charge on any atom is 0.277 e. The van der Waals surface area contributed by atoms with Crippen LogP contribution in [0, 0.1) is 10.7 Å². The number of anilines is 2. The van der Waals surface area contributed by atoms with Crippen molar-refractivity contribution in [1.82, 2.24) is 9.55 Å². The summed E-state index contributed by atoms with van der Waals surface area (Å²) in [4.78, 5) is 24.3. The molecule has 0 spiro atoms. The van der Waals surface area contributed by atoms with E-state index in [2.05, 4.69) is 10.3 Å². The van der Waals surface area contributed by atoms with Gasteiger partial charge in [0.25, 0.3) is 5.56 Å². The number of aromatic nitrogens is 2. The molecule has 0 atom stereocenters. The number of hydrogen-bond acceptors (Lipinski definition) is 4. The third-order valence-corrected chi connectivity index (χ3v) is 2.31. The van der Waals surface area contributed by atoms with E-state index in [-0.39, 0.29) is 16.3 Å². The Labute approximate surface area is 97.5 Å². The largest absolute Gasteiger partial charge is 0.383 e. The minimum Gasteiger partial charge on any atom is -0.383 e. The first-order chi connectivity index (χ1) is 7.47. The number of aromatic amines is 1. The van der Waals surface area contributed by atoms with Gasteiger partial charge in [0, 0.05) is 6.54 Å². The number of carbonyl (C=O) groups is 1. The molecule has 1 heterocycles. The first-order valence-electron chi connectivity index (χ1n) is 4.80. The van der Waals surface area contributed by atoms with Crippen molar-refractivity contribution in [2.24, 2.45) is 5.92 Å². The quantitative estimate of drug-likeness (QED) is 0.535. The lowest BCUT2D eigenvalue weighted by Gasteiger charge is -2.14. The number of nitrogens with two attached hydrogens (primary N) is 1. The van der Waals surface area contributed by atoms with Gasteiger partial charge in [-0.15, -0.1) is 0 Å². The Hall–Kier alpha value is -1.63. The summed E-state index contributed by atoms with van der Waals surface area (Å²) in [7, 11) is 0. The van der Waals surface area contributed by atoms with Crippen LogP contribution in [0.15, 0.2) is 4.79 Å². The minimum atomic E-state index is -0.491. The highest BCUT2D eigenvalue weighted by molar-refractivity contribution is 7.71. The van der Waals surface area contributed by atoms with E-state index in [1.807, 2.05) is 13.8 Å². The van der Waals surface area contributed by atoms with Crippen LogP contribution in [0.2, 0.25) is 0 Å². The summed E-state index contributed by atoms with van der Waals surface area (Å²) in [5, 5.41) is 2.27. The van der Waals surface area contributed by atoms with Gasteiger partial charge in [0.2, 0.25) is 6.41 Å². The second-order valence-corrected chi connectivity index (χ2v) is 4.17. The molecule has 0 fully saturated rings. The van der Waals surface area contributed by atoms with Gasteiger partial charge in [-0.2, -0.15) is 0 Å². The molecule has 4 N–H and O–H groups in total. The van der Waals surface area contributed by atoms with Crippen molar-refractivity contribution in [3.63, 3.8) is 0 Å². The molecule has 0 radical (unpaired) electrons. The van der Waals surface area contributed by atoms with Crippen molar-refractivity contribution in [1.29, 1.82) is 0 Å². The van der Waals surface area contributed by atoms with Gasteiger partial charge >= 0.3 is 0 Å². The molecule has 0 saturated heterocycles. The maximum absolute atomic E-state index is 11.5. The van der Waals surface area contributed by atoms with Crippen molar-refractivity contribution in [3.05, 3.63) is 15.1 Å². The summed E-state index contributed by atoms with van der Waals surface area (Å²) in [6.45, 7) is 4.58. The zero-order valence-corrected chi connectivity index (χ0v) is 9.93. The summed E-state index contributed by atoms with van der Waals surface area (Å²) in [5.41, 5.74) is 5.31. The Morgan fingerprint density at radius 3 is 2.75 bits per heavy atom. The summed E-state index contributed by atoms with van der Waals surface area (Å²) < 4.78 is 1.85. The third-order valence-electron chi connectivity index (χ3n) is 1.99. The first-order valence-corrected chi connectivity index (χ1v) is 5.21. The van der Waals surface area contributed by atoms with Crippen LogP contribution in [0.1, 0.15) is 13.8 Å². The van der Waals surface area contributed by atoms with Crippen LogP contribution in [0.3, 0.4) is 0 Å². The number of amides is 1. The van der Waals surface area contributed by atoms with Gasteiger partial charge in [0.15, 0.2) is 4.77 Å². The highest BCUT2D eigenvalue weighted by Gasteiger charge is 2.10. The van der Waals surface area contributed by atoms with Crippen molar-refractivity contribution in [2.45, 2.75) is 20.4 Å². The van der Waals surface area contributed by atoms with Gasteiger partial charge in [0.1, 0.15) is 11.5 Å². The second kappa shape index (κ2) is 4.93. The topological polar surface area (TPSA) is 92.9 Å². The van der Waals surface area contributed by atoms with E-state index in [9.17, 15) is 9.59 Å². The molecule has 1 aromatic rings. The predicted octanol–water partition coefficient (Wildman–Crippen LogP) is 0.712. The van der Waals surface area contributed by atoms with Crippen molar-refractivity contribution < 1.29 is 4.79 Å². The van der Waals surface area contributed by atoms with Gasteiger partial charge < -0.3 is 15.6 Å². The van der Waals surface area contributed by atoms with Gasteiger partial charge in [-0.25, -0.2) is 0 Å². The third kappa shape index (κ3) is 2.48. The fourth-order valence-electron chi connectivity index (χ4n) is 1.33. The highest BCUT2D eigenvalue weighted by atomic mass is 32.1. The van der Waals surface area contributed by atoms with Gasteiger partial charge in [-0.1, -0.05) is 13.8 Å². The molecule has 0 saturated carbocycles. The Kier molecular flexibility index (Phi) is 3.83. The fourth-order valence-corrected chi connectivity index (χ4v) is 1.60. The number of hydrogen-bond donors (Lipinski definition) is 3. The molecule has 1 rings (SSSR count). The van der Waals surface area contributed by atoms with Crippen LogP contribution in [-0.2, 0) is 11.3 Å². The average molecular weight is 242 g/mol. The van der Waals surface area contributed by atoms with Crippen molar-refractivity contribution in [3.8, 4) is 0 Å². The van der Waals surface area contributed by atoms with E-state index in [0.717, 1.165) is 0 Å². The van der Waals surface area contributed by atoms with Crippen molar-refractivity contribution in [2.75, 3.05) is 11.1 Å². The Morgan fingerprint density at radius 2 is 2.25 bits per heavy atom. The molecular formula is C9H14N4O2S. The predicted molar refractivity (Wildman–Crippen MR) is 64.8 cm³/mol. The van der Waals surface area contributed by atoms with E-state index in [0.29, 0.717) is 18.9 Å². The smallest absolute Gasteiger partial charge is 0.277 e. The zero-order chi connectivity index (χ0) is 12.3. The number of carbonyl (C=O) groups excluding carboxylic acids is 1. The summed E-state index contributed by atoms with van der Waals surface area (Å²) >= 11 is 5.00. The summed E-state index contributed by atoms with van der Waals surface area (Å²) in [6.07, 6.45) is 0.406. The SMILES string of the molecule is CC(C)Cn1c(N)c(NC=O)c(=O)[nH]c1=S. The molecule has 0 unspecified atom stereocenters. The maximum atomic E-state index is 11.5. The molecule has 88 valence electrons. The second-order valence-electron chi connectivity index (χ2n) is 3.79. The molecule has 7 heteroatoms. The Balaban J connectivity index is 3.38. The monoisotopic (exact) mass is 242 g/mol. The number of nitrogens with zero attached hydrogens (tertiary/aromatic N) is 1. The van der Waals surface area contributed by atoms with Crippen LogP contribution in [-0.4, -0.2) is 16.0 Å². The molecule has 0 aromatic carbocycles. The van der Waals surface area contributed by atoms with Gasteiger partial charge in [0.05, 0.1) is 0 Å². The average Bonchev–Trinajstić information content (AvgIpc) is 2.19. The fraction of sp³-hybridized carbons (Fsp3) is 0.444. The highest BCUT2D eigenvalue weighted by Crippen LogP contribution is 2.13. The van der Waals surface area contributed by atoms with Crippen LogP contribution >= 0.6 is 12.2 Å². The lowest BCUT2D eigenvalue weighted by molar-refractivity contribution is -0.105. The lowest BCUT2D eigenvalue weighted by Crippen LogP contribution is -2.23. The molecule has 1 aromatic heterocycles. The van der Waals surface area contributed by atoms with Crippen LogP contribution in [0.25, 0.3) is 0 Å². The molecule has 0 aliphatic heterocycles. The van der Waals surface area contributed by atoms with E-state index < -0.39 is 5.56 Å². The first kappa shape index (κ1) is 12.4. The minimum absolute atomic E-state index is 0.0317. The molecule has 0 aliphatic rings. The standard InChI is InChI=1S/C9H14N4O2S/c1-5(2)3-13-7(10)6(11-4-14)8(15)12-9(13)16/h4-5H,3,10H2,1-2H3,(H,11,14)(H,12,15,16). The normalized spacial score (nSPS) is 10.4. The molecular weight excluding hydrogens is 228 g/mol. The Morgan fingerprint density at radius 1 is 1.62 bits per heavy atom.